The summed E-state index contributed by atoms with van der Waals surface area (Å²) in [7, 11) is 0. The summed E-state index contributed by atoms with van der Waals surface area (Å²) >= 11 is 0. The van der Waals surface area contributed by atoms with Crippen LogP contribution in [-0.2, 0) is 4.74 Å². The van der Waals surface area contributed by atoms with Crippen LogP contribution in [0.15, 0.2) is 24.3 Å². The van der Waals surface area contributed by atoms with E-state index in [1.807, 2.05) is 26.0 Å². The molecule has 0 spiro atoms. The molecule has 0 aliphatic carbocycles. The molecule has 66 valence electrons. The smallest absolute Gasteiger partial charge is 0.106 e. The van der Waals surface area contributed by atoms with E-state index in [-0.39, 0.29) is 23.7 Å². The topological polar surface area (TPSA) is 29.5 Å². The van der Waals surface area contributed by atoms with Crippen molar-refractivity contribution < 1.29 is 9.84 Å². The summed E-state index contributed by atoms with van der Waals surface area (Å²) in [5.41, 5.74) is 0.345. The number of aliphatic hydroxyl groups is 1. The average molecular weight is 166 g/mol. The monoisotopic (exact) mass is 166 g/mol. The van der Waals surface area contributed by atoms with Gasteiger partial charge in [-0.15, -0.1) is 0 Å². The maximum absolute atomic E-state index is 9.16. The van der Waals surface area contributed by atoms with Gasteiger partial charge < -0.3 is 9.84 Å². The summed E-state index contributed by atoms with van der Waals surface area (Å²) in [6.45, 7) is 8.08. The fourth-order valence-corrected chi connectivity index (χ4v) is 2.19. The highest BCUT2D eigenvalue weighted by atomic mass is 16.5. The van der Waals surface area contributed by atoms with Crippen LogP contribution in [0.3, 0.4) is 0 Å². The Labute approximate surface area is 72.5 Å². The Bertz CT molecular complexity index is 269. The van der Waals surface area contributed by atoms with Gasteiger partial charge in [-0.25, -0.2) is 0 Å². The van der Waals surface area contributed by atoms with Crippen LogP contribution >= 0.6 is 0 Å². The summed E-state index contributed by atoms with van der Waals surface area (Å²) in [4.78, 5) is 0. The largest absolute Gasteiger partial charge is 0.396 e. The minimum absolute atomic E-state index is 0.0625. The van der Waals surface area contributed by atoms with Crippen LogP contribution in [0.1, 0.15) is 13.8 Å². The third-order valence-electron chi connectivity index (χ3n) is 3.10. The second-order valence-electron chi connectivity index (χ2n) is 3.99. The molecule has 2 rings (SSSR count). The minimum Gasteiger partial charge on any atom is -0.396 e. The maximum atomic E-state index is 9.16. The molecule has 2 aliphatic heterocycles. The quantitative estimate of drug-likeness (QED) is 0.594. The molecule has 0 aromatic carbocycles. The molecule has 1 fully saturated rings. The average Bonchev–Trinajstić information content (AvgIpc) is 2.38. The Morgan fingerprint density at radius 1 is 1.58 bits per heavy atom. The van der Waals surface area contributed by atoms with Crippen molar-refractivity contribution in [3.8, 4) is 0 Å². The highest BCUT2D eigenvalue weighted by molar-refractivity contribution is 5.40. The number of hydrogen-bond acceptors (Lipinski definition) is 2. The van der Waals surface area contributed by atoms with E-state index in [1.54, 1.807) is 0 Å². The highest BCUT2D eigenvalue weighted by Gasteiger charge is 2.55. The predicted octanol–water partition coefficient (Wildman–Crippen LogP) is 1.27. The molecule has 0 aromatic heterocycles. The summed E-state index contributed by atoms with van der Waals surface area (Å²) in [5, 5.41) is 9.16. The molecular formula is C10H14O2. The molecule has 0 saturated carbocycles. The van der Waals surface area contributed by atoms with Crippen molar-refractivity contribution in [3.05, 3.63) is 24.3 Å². The van der Waals surface area contributed by atoms with E-state index >= 15 is 0 Å². The number of fused-ring (bicyclic) bond motifs is 2. The molecule has 2 heteroatoms. The molecule has 2 aliphatic rings. The first-order chi connectivity index (χ1) is 5.52. The van der Waals surface area contributed by atoms with Gasteiger partial charge in [0.1, 0.15) is 5.60 Å². The lowest BCUT2D eigenvalue weighted by Crippen LogP contribution is -2.31. The fraction of sp³-hybridized carbons (Fsp3) is 0.600. The lowest BCUT2D eigenvalue weighted by molar-refractivity contribution is -0.0246. The van der Waals surface area contributed by atoms with E-state index in [0.29, 0.717) is 0 Å². The standard InChI is InChI=1S/C10H14O2/c1-7-8(6-11)10(3)5-4-9(7,2)12-10/h4-5,8,11H,1,6H2,2-3H3/t8-,9+,10-/m0/s1. The Balaban J connectivity index is 2.45. The number of ether oxygens (including phenoxy) is 1. The van der Waals surface area contributed by atoms with Crippen molar-refractivity contribution in [3.63, 3.8) is 0 Å². The van der Waals surface area contributed by atoms with Gasteiger partial charge in [-0.1, -0.05) is 18.7 Å². The zero-order valence-electron chi connectivity index (χ0n) is 7.50. The van der Waals surface area contributed by atoms with Crippen LogP contribution in [0, 0.1) is 5.92 Å². The number of hydrogen-bond donors (Lipinski definition) is 1. The van der Waals surface area contributed by atoms with Gasteiger partial charge in [0.05, 0.1) is 12.2 Å². The van der Waals surface area contributed by atoms with E-state index < -0.39 is 0 Å². The number of aliphatic hydroxyl groups excluding tert-OH is 1. The molecule has 0 unspecified atom stereocenters. The molecule has 2 heterocycles. The van der Waals surface area contributed by atoms with Gasteiger partial charge in [0, 0.05) is 5.92 Å². The highest BCUT2D eigenvalue weighted by Crippen LogP contribution is 2.51. The third-order valence-corrected chi connectivity index (χ3v) is 3.10. The molecule has 12 heavy (non-hydrogen) atoms. The molecule has 1 saturated heterocycles. The molecule has 0 aromatic rings. The van der Waals surface area contributed by atoms with Crippen LogP contribution in [0.4, 0.5) is 0 Å². The van der Waals surface area contributed by atoms with Gasteiger partial charge in [-0.3, -0.25) is 0 Å². The van der Waals surface area contributed by atoms with E-state index in [4.69, 9.17) is 9.84 Å². The summed E-state index contributed by atoms with van der Waals surface area (Å²) < 4.78 is 5.79. The van der Waals surface area contributed by atoms with Crippen LogP contribution in [0.25, 0.3) is 0 Å². The summed E-state index contributed by atoms with van der Waals surface area (Å²) in [6.07, 6.45) is 4.06. The summed E-state index contributed by atoms with van der Waals surface area (Å²) in [5.74, 6) is 0.0625. The van der Waals surface area contributed by atoms with Crippen molar-refractivity contribution in [1.29, 1.82) is 0 Å². The zero-order valence-corrected chi connectivity index (χ0v) is 7.50. The van der Waals surface area contributed by atoms with Crippen molar-refractivity contribution >= 4 is 0 Å². The van der Waals surface area contributed by atoms with E-state index in [2.05, 4.69) is 6.58 Å². The zero-order chi connectivity index (χ0) is 8.98. The fourth-order valence-electron chi connectivity index (χ4n) is 2.19. The van der Waals surface area contributed by atoms with Gasteiger partial charge in [0.15, 0.2) is 0 Å². The molecule has 0 radical (unpaired) electrons. The lowest BCUT2D eigenvalue weighted by Gasteiger charge is -2.24. The molecule has 2 bridgehead atoms. The lowest BCUT2D eigenvalue weighted by atomic mass is 9.77. The van der Waals surface area contributed by atoms with Gasteiger partial charge in [-0.05, 0) is 19.4 Å². The molecule has 2 nitrogen and oxygen atoms in total. The van der Waals surface area contributed by atoms with Crippen LogP contribution < -0.4 is 0 Å². The van der Waals surface area contributed by atoms with Crippen LogP contribution in [-0.4, -0.2) is 22.9 Å². The van der Waals surface area contributed by atoms with Crippen LogP contribution in [0.5, 0.6) is 0 Å². The Morgan fingerprint density at radius 2 is 2.25 bits per heavy atom. The molecule has 3 atom stereocenters. The summed E-state index contributed by atoms with van der Waals surface area (Å²) in [6, 6.07) is 0. The van der Waals surface area contributed by atoms with Crippen LogP contribution in [0.2, 0.25) is 0 Å². The second kappa shape index (κ2) is 2.01. The predicted molar refractivity (Wildman–Crippen MR) is 46.8 cm³/mol. The van der Waals surface area contributed by atoms with Crippen molar-refractivity contribution in [2.75, 3.05) is 6.61 Å². The minimum atomic E-state index is -0.331. The van der Waals surface area contributed by atoms with E-state index in [1.165, 1.54) is 0 Å². The third kappa shape index (κ3) is 0.718. The normalized spacial score (nSPS) is 50.6. The molecule has 1 N–H and O–H groups in total. The van der Waals surface area contributed by atoms with Gasteiger partial charge in [0.25, 0.3) is 0 Å². The van der Waals surface area contributed by atoms with Gasteiger partial charge in [-0.2, -0.15) is 0 Å². The SMILES string of the molecule is C=C1[C@H](CO)[C@]2(C)C=C[C@@]1(C)O2. The second-order valence-corrected chi connectivity index (χ2v) is 3.99. The first-order valence-electron chi connectivity index (χ1n) is 4.22. The van der Waals surface area contributed by atoms with E-state index in [9.17, 15) is 0 Å². The molecular weight excluding hydrogens is 152 g/mol. The van der Waals surface area contributed by atoms with Gasteiger partial charge in [0.2, 0.25) is 0 Å². The van der Waals surface area contributed by atoms with E-state index in [0.717, 1.165) is 5.57 Å². The van der Waals surface area contributed by atoms with Crippen molar-refractivity contribution in [2.24, 2.45) is 5.92 Å². The number of rotatable bonds is 1. The van der Waals surface area contributed by atoms with Crippen molar-refractivity contribution in [2.45, 2.75) is 25.0 Å². The Kier molecular flexibility index (Phi) is 1.34. The Hall–Kier alpha value is -0.600. The first kappa shape index (κ1) is 8.02. The first-order valence-corrected chi connectivity index (χ1v) is 4.22. The Morgan fingerprint density at radius 3 is 2.58 bits per heavy atom. The van der Waals surface area contributed by atoms with Gasteiger partial charge >= 0.3 is 0 Å². The molecule has 0 amide bonds. The maximum Gasteiger partial charge on any atom is 0.106 e. The van der Waals surface area contributed by atoms with Crippen molar-refractivity contribution in [1.82, 2.24) is 0 Å².